The SMILES string of the molecule is COc1cccc2c1C(CCC(=O)O)CN2. The number of hydrogen-bond acceptors (Lipinski definition) is 3. The molecular formula is C12H15NO3. The maximum atomic E-state index is 10.6. The van der Waals surface area contributed by atoms with Gasteiger partial charge in [-0.15, -0.1) is 0 Å². The minimum absolute atomic E-state index is 0.198. The fourth-order valence-corrected chi connectivity index (χ4v) is 2.18. The lowest BCUT2D eigenvalue weighted by atomic mass is 9.95. The summed E-state index contributed by atoms with van der Waals surface area (Å²) in [7, 11) is 1.64. The van der Waals surface area contributed by atoms with Crippen LogP contribution in [0.25, 0.3) is 0 Å². The molecule has 1 aromatic carbocycles. The van der Waals surface area contributed by atoms with Crippen LogP contribution in [-0.4, -0.2) is 24.7 Å². The van der Waals surface area contributed by atoms with Gasteiger partial charge in [0.2, 0.25) is 0 Å². The van der Waals surface area contributed by atoms with Crippen molar-refractivity contribution in [2.24, 2.45) is 0 Å². The summed E-state index contributed by atoms with van der Waals surface area (Å²) >= 11 is 0. The molecule has 0 aliphatic carbocycles. The van der Waals surface area contributed by atoms with E-state index in [1.807, 2.05) is 18.2 Å². The molecule has 1 aromatic rings. The zero-order valence-electron chi connectivity index (χ0n) is 9.19. The van der Waals surface area contributed by atoms with Crippen molar-refractivity contribution >= 4 is 11.7 Å². The summed E-state index contributed by atoms with van der Waals surface area (Å²) in [6.45, 7) is 0.795. The number of aliphatic carboxylic acids is 1. The highest BCUT2D eigenvalue weighted by Crippen LogP contribution is 2.40. The van der Waals surface area contributed by atoms with Crippen molar-refractivity contribution < 1.29 is 14.6 Å². The monoisotopic (exact) mass is 221 g/mol. The molecule has 1 aliphatic rings. The van der Waals surface area contributed by atoms with Crippen molar-refractivity contribution in [1.29, 1.82) is 0 Å². The number of rotatable bonds is 4. The van der Waals surface area contributed by atoms with Gasteiger partial charge in [-0.1, -0.05) is 6.07 Å². The molecule has 1 atom stereocenters. The van der Waals surface area contributed by atoms with Crippen LogP contribution in [0.2, 0.25) is 0 Å². The molecule has 2 N–H and O–H groups in total. The molecule has 0 amide bonds. The summed E-state index contributed by atoms with van der Waals surface area (Å²) < 4.78 is 5.31. The van der Waals surface area contributed by atoms with Gasteiger partial charge in [0.05, 0.1) is 7.11 Å². The quantitative estimate of drug-likeness (QED) is 0.817. The molecule has 0 saturated carbocycles. The van der Waals surface area contributed by atoms with E-state index in [4.69, 9.17) is 9.84 Å². The fraction of sp³-hybridized carbons (Fsp3) is 0.417. The van der Waals surface area contributed by atoms with Gasteiger partial charge in [-0.2, -0.15) is 0 Å². The highest BCUT2D eigenvalue weighted by Gasteiger charge is 2.25. The van der Waals surface area contributed by atoms with E-state index in [9.17, 15) is 4.79 Å². The van der Waals surface area contributed by atoms with Crippen molar-refractivity contribution in [3.05, 3.63) is 23.8 Å². The third-order valence-electron chi connectivity index (χ3n) is 2.94. The lowest BCUT2D eigenvalue weighted by Gasteiger charge is -2.12. The molecule has 0 radical (unpaired) electrons. The molecule has 1 aliphatic heterocycles. The van der Waals surface area contributed by atoms with E-state index in [1.54, 1.807) is 7.11 Å². The molecule has 0 spiro atoms. The maximum Gasteiger partial charge on any atom is 0.303 e. The van der Waals surface area contributed by atoms with E-state index in [0.717, 1.165) is 23.5 Å². The van der Waals surface area contributed by atoms with Crippen LogP contribution in [0.5, 0.6) is 5.75 Å². The Hall–Kier alpha value is -1.71. The van der Waals surface area contributed by atoms with Crippen LogP contribution in [-0.2, 0) is 4.79 Å². The molecule has 1 unspecified atom stereocenters. The third kappa shape index (κ3) is 1.96. The number of methoxy groups -OCH3 is 1. The number of carboxylic acid groups (broad SMARTS) is 1. The summed E-state index contributed by atoms with van der Waals surface area (Å²) in [5.41, 5.74) is 2.18. The summed E-state index contributed by atoms with van der Waals surface area (Å²) in [6, 6.07) is 5.85. The van der Waals surface area contributed by atoms with Crippen molar-refractivity contribution in [3.8, 4) is 5.75 Å². The maximum absolute atomic E-state index is 10.6. The average Bonchev–Trinajstić information content (AvgIpc) is 2.69. The molecule has 1 heterocycles. The minimum Gasteiger partial charge on any atom is -0.496 e. The highest BCUT2D eigenvalue weighted by atomic mass is 16.5. The number of carboxylic acids is 1. The molecule has 0 saturated heterocycles. The van der Waals surface area contributed by atoms with Crippen LogP contribution in [0.3, 0.4) is 0 Å². The molecule has 0 fully saturated rings. The van der Waals surface area contributed by atoms with Crippen LogP contribution >= 0.6 is 0 Å². The summed E-state index contributed by atoms with van der Waals surface area (Å²) in [5.74, 6) is 0.337. The lowest BCUT2D eigenvalue weighted by molar-refractivity contribution is -0.137. The first-order chi connectivity index (χ1) is 7.72. The van der Waals surface area contributed by atoms with Crippen molar-refractivity contribution in [2.45, 2.75) is 18.8 Å². The molecule has 16 heavy (non-hydrogen) atoms. The number of nitrogens with one attached hydrogen (secondary N) is 1. The van der Waals surface area contributed by atoms with Gasteiger partial charge in [0, 0.05) is 30.1 Å². The van der Waals surface area contributed by atoms with Gasteiger partial charge in [-0.05, 0) is 18.6 Å². The standard InChI is InChI=1S/C12H15NO3/c1-16-10-4-2-3-9-12(10)8(7-13-9)5-6-11(14)15/h2-4,8,13H,5-7H2,1H3,(H,14,15). The second-order valence-electron chi connectivity index (χ2n) is 3.93. The zero-order valence-corrected chi connectivity index (χ0v) is 9.19. The van der Waals surface area contributed by atoms with E-state index in [1.165, 1.54) is 0 Å². The van der Waals surface area contributed by atoms with Crippen molar-refractivity contribution in [2.75, 3.05) is 19.0 Å². The van der Waals surface area contributed by atoms with Gasteiger partial charge < -0.3 is 15.2 Å². The molecular weight excluding hydrogens is 206 g/mol. The number of benzene rings is 1. The number of hydrogen-bond donors (Lipinski definition) is 2. The Kier molecular flexibility index (Phi) is 2.99. The van der Waals surface area contributed by atoms with Crippen molar-refractivity contribution in [1.82, 2.24) is 0 Å². The molecule has 2 rings (SSSR count). The lowest BCUT2D eigenvalue weighted by Crippen LogP contribution is -2.06. The van der Waals surface area contributed by atoms with Crippen LogP contribution < -0.4 is 10.1 Å². The van der Waals surface area contributed by atoms with Crippen molar-refractivity contribution in [3.63, 3.8) is 0 Å². The third-order valence-corrected chi connectivity index (χ3v) is 2.94. The Labute approximate surface area is 94.2 Å². The first kappa shape index (κ1) is 10.8. The van der Waals surface area contributed by atoms with E-state index >= 15 is 0 Å². The van der Waals surface area contributed by atoms with Crippen LogP contribution in [0.1, 0.15) is 24.3 Å². The van der Waals surface area contributed by atoms with E-state index in [0.29, 0.717) is 6.42 Å². The predicted octanol–water partition coefficient (Wildman–Crippen LogP) is 2.07. The van der Waals surface area contributed by atoms with Crippen LogP contribution in [0.15, 0.2) is 18.2 Å². The Morgan fingerprint density at radius 3 is 3.12 bits per heavy atom. The zero-order chi connectivity index (χ0) is 11.5. The van der Waals surface area contributed by atoms with Gasteiger partial charge in [-0.25, -0.2) is 0 Å². The van der Waals surface area contributed by atoms with Gasteiger partial charge in [0.15, 0.2) is 0 Å². The molecule has 0 aromatic heterocycles. The van der Waals surface area contributed by atoms with Gasteiger partial charge in [-0.3, -0.25) is 4.79 Å². The summed E-state index contributed by atoms with van der Waals surface area (Å²) in [5, 5.41) is 12.0. The van der Waals surface area contributed by atoms with Gasteiger partial charge in [0.25, 0.3) is 0 Å². The van der Waals surface area contributed by atoms with E-state index < -0.39 is 5.97 Å². The van der Waals surface area contributed by atoms with E-state index in [-0.39, 0.29) is 12.3 Å². The Balaban J connectivity index is 2.20. The Morgan fingerprint density at radius 1 is 1.62 bits per heavy atom. The normalized spacial score (nSPS) is 17.7. The largest absolute Gasteiger partial charge is 0.496 e. The topological polar surface area (TPSA) is 58.6 Å². The number of carbonyl (C=O) groups is 1. The van der Waals surface area contributed by atoms with Gasteiger partial charge in [0.1, 0.15) is 5.75 Å². The average molecular weight is 221 g/mol. The minimum atomic E-state index is -0.747. The van der Waals surface area contributed by atoms with E-state index in [2.05, 4.69) is 5.32 Å². The molecule has 0 bridgehead atoms. The second kappa shape index (κ2) is 4.43. The first-order valence-electron chi connectivity index (χ1n) is 5.35. The number of anilines is 1. The van der Waals surface area contributed by atoms with Gasteiger partial charge >= 0.3 is 5.97 Å². The number of ether oxygens (including phenoxy) is 1. The molecule has 4 nitrogen and oxygen atoms in total. The molecule has 4 heteroatoms. The Morgan fingerprint density at radius 2 is 2.44 bits per heavy atom. The fourth-order valence-electron chi connectivity index (χ4n) is 2.18. The first-order valence-corrected chi connectivity index (χ1v) is 5.35. The molecule has 86 valence electrons. The number of fused-ring (bicyclic) bond motifs is 1. The van der Waals surface area contributed by atoms with Crippen LogP contribution in [0.4, 0.5) is 5.69 Å². The smallest absolute Gasteiger partial charge is 0.303 e. The Bertz CT molecular complexity index is 403. The highest BCUT2D eigenvalue weighted by molar-refractivity contribution is 5.68. The summed E-state index contributed by atoms with van der Waals surface area (Å²) in [4.78, 5) is 10.6. The van der Waals surface area contributed by atoms with Crippen LogP contribution in [0, 0.1) is 0 Å². The second-order valence-corrected chi connectivity index (χ2v) is 3.93. The predicted molar refractivity (Wildman–Crippen MR) is 61.1 cm³/mol. The summed E-state index contributed by atoms with van der Waals surface area (Å²) in [6.07, 6.45) is 0.847.